The van der Waals surface area contributed by atoms with Gasteiger partial charge < -0.3 is 4.74 Å². The van der Waals surface area contributed by atoms with Gasteiger partial charge in [-0.15, -0.1) is 0 Å². The first-order valence-electron chi connectivity index (χ1n) is 3.01. The molecule has 0 N–H and O–H groups in total. The molecule has 1 heterocycles. The largest absolute Gasteiger partial charge is 0.465 e. The Bertz CT molecular complexity index is 363. The predicted molar refractivity (Wildman–Crippen MR) is 48.6 cm³/mol. The van der Waals surface area contributed by atoms with Gasteiger partial charge in [0.2, 0.25) is 0 Å². The number of nitrogens with zero attached hydrogens (tertiary/aromatic N) is 1. The van der Waals surface area contributed by atoms with E-state index in [9.17, 15) is 9.59 Å². The van der Waals surface area contributed by atoms with Crippen LogP contribution in [0, 0.1) is 0 Å². The lowest BCUT2D eigenvalue weighted by atomic mass is 10.3. The highest BCUT2D eigenvalue weighted by Gasteiger charge is 2.23. The van der Waals surface area contributed by atoms with Crippen molar-refractivity contribution in [3.05, 3.63) is 15.6 Å². The van der Waals surface area contributed by atoms with Crippen LogP contribution in [0.2, 0.25) is 5.15 Å². The van der Waals surface area contributed by atoms with E-state index < -0.39 is 11.2 Å². The van der Waals surface area contributed by atoms with Crippen LogP contribution in [0.3, 0.4) is 0 Å². The molecule has 0 saturated heterocycles. The summed E-state index contributed by atoms with van der Waals surface area (Å²) in [6.45, 7) is 0. The van der Waals surface area contributed by atoms with Crippen molar-refractivity contribution >= 4 is 45.9 Å². The second kappa shape index (κ2) is 4.04. The third kappa shape index (κ3) is 1.99. The van der Waals surface area contributed by atoms with Crippen molar-refractivity contribution in [2.75, 3.05) is 7.11 Å². The first-order valence-corrected chi connectivity index (χ1v) is 4.54. The van der Waals surface area contributed by atoms with Crippen molar-refractivity contribution in [3.63, 3.8) is 0 Å². The average molecular weight is 240 g/mol. The molecule has 0 unspecified atom stereocenters. The third-order valence-electron chi connectivity index (χ3n) is 1.22. The van der Waals surface area contributed by atoms with E-state index in [4.69, 9.17) is 23.2 Å². The topological polar surface area (TPSA) is 56.3 Å². The number of carbonyl (C=O) groups is 2. The Morgan fingerprint density at radius 3 is 2.62 bits per heavy atom. The Hall–Kier alpha value is -0.650. The molecule has 1 aromatic heterocycles. The van der Waals surface area contributed by atoms with Crippen LogP contribution in [0.25, 0.3) is 0 Å². The van der Waals surface area contributed by atoms with Crippen LogP contribution in [-0.2, 0) is 4.74 Å². The number of rotatable bonds is 2. The highest BCUT2D eigenvalue weighted by atomic mass is 35.5. The Balaban J connectivity index is 3.24. The van der Waals surface area contributed by atoms with E-state index in [0.29, 0.717) is 0 Å². The van der Waals surface area contributed by atoms with Gasteiger partial charge in [-0.3, -0.25) is 4.79 Å². The van der Waals surface area contributed by atoms with Crippen LogP contribution in [0.15, 0.2) is 0 Å². The molecule has 0 fully saturated rings. The molecule has 1 rings (SSSR count). The maximum Gasteiger partial charge on any atom is 0.342 e. The van der Waals surface area contributed by atoms with Crippen molar-refractivity contribution in [1.82, 2.24) is 4.37 Å². The van der Waals surface area contributed by atoms with Gasteiger partial charge in [-0.25, -0.2) is 4.79 Å². The van der Waals surface area contributed by atoms with Gasteiger partial charge in [-0.2, -0.15) is 4.37 Å². The molecule has 0 atom stereocenters. The molecule has 70 valence electrons. The summed E-state index contributed by atoms with van der Waals surface area (Å²) in [6, 6.07) is 0. The molecule has 0 aliphatic carbocycles. The fourth-order valence-electron chi connectivity index (χ4n) is 0.684. The first kappa shape index (κ1) is 10.4. The molecule has 0 radical (unpaired) electrons. The third-order valence-corrected chi connectivity index (χ3v) is 2.74. The summed E-state index contributed by atoms with van der Waals surface area (Å²) in [6.07, 6.45) is 0. The summed E-state index contributed by atoms with van der Waals surface area (Å²) in [5.41, 5.74) is -0.0748. The Morgan fingerprint density at radius 2 is 2.15 bits per heavy atom. The summed E-state index contributed by atoms with van der Waals surface area (Å²) in [5, 5.41) is -0.842. The summed E-state index contributed by atoms with van der Waals surface area (Å²) in [7, 11) is 1.18. The zero-order valence-corrected chi connectivity index (χ0v) is 8.66. The molecule has 7 heteroatoms. The van der Waals surface area contributed by atoms with E-state index in [2.05, 4.69) is 9.11 Å². The zero-order chi connectivity index (χ0) is 10.0. The maximum absolute atomic E-state index is 11.1. The highest BCUT2D eigenvalue weighted by molar-refractivity contribution is 7.11. The molecule has 4 nitrogen and oxygen atoms in total. The predicted octanol–water partition coefficient (Wildman–Crippen LogP) is 1.96. The Kier molecular flexibility index (Phi) is 3.24. The van der Waals surface area contributed by atoms with Gasteiger partial charge in [0.1, 0.15) is 10.4 Å². The van der Waals surface area contributed by atoms with Crippen molar-refractivity contribution in [3.8, 4) is 0 Å². The average Bonchev–Trinajstić information content (AvgIpc) is 2.46. The molecule has 13 heavy (non-hydrogen) atoms. The molecule has 0 aromatic carbocycles. The van der Waals surface area contributed by atoms with Crippen molar-refractivity contribution < 1.29 is 14.3 Å². The Labute approximate surface area is 87.6 Å². The summed E-state index contributed by atoms with van der Waals surface area (Å²) >= 11 is 11.5. The van der Waals surface area contributed by atoms with E-state index in [1.54, 1.807) is 0 Å². The standard InChI is InChI=1S/C6H3Cl2NO3S/c1-12-6(11)2-3(5(8)10)13-9-4(2)7/h1H3. The molecule has 0 amide bonds. The van der Waals surface area contributed by atoms with Crippen molar-refractivity contribution in [2.45, 2.75) is 0 Å². The van der Waals surface area contributed by atoms with Gasteiger partial charge in [0.15, 0.2) is 5.15 Å². The second-order valence-corrected chi connectivity index (χ2v) is 3.42. The van der Waals surface area contributed by atoms with Crippen molar-refractivity contribution in [2.24, 2.45) is 0 Å². The Morgan fingerprint density at radius 1 is 1.54 bits per heavy atom. The minimum absolute atomic E-state index is 0.00137. The number of hydrogen-bond acceptors (Lipinski definition) is 5. The number of aromatic nitrogens is 1. The van der Waals surface area contributed by atoms with Crippen LogP contribution in [-0.4, -0.2) is 22.7 Å². The number of esters is 1. The van der Waals surface area contributed by atoms with E-state index in [1.165, 1.54) is 7.11 Å². The monoisotopic (exact) mass is 239 g/mol. The molecule has 0 aliphatic rings. The minimum Gasteiger partial charge on any atom is -0.465 e. The minimum atomic E-state index is -0.773. The lowest BCUT2D eigenvalue weighted by molar-refractivity contribution is 0.0599. The number of halogens is 2. The fraction of sp³-hybridized carbons (Fsp3) is 0.167. The lowest BCUT2D eigenvalue weighted by Gasteiger charge is -1.96. The summed E-state index contributed by atoms with van der Waals surface area (Å²) in [4.78, 5) is 21.8. The van der Waals surface area contributed by atoms with Gasteiger partial charge in [-0.1, -0.05) is 11.6 Å². The molecular formula is C6H3Cl2NO3S. The fourth-order valence-corrected chi connectivity index (χ4v) is 1.82. The summed E-state index contributed by atoms with van der Waals surface area (Å²) in [5.74, 6) is -0.720. The van der Waals surface area contributed by atoms with Gasteiger partial charge in [-0.05, 0) is 23.1 Å². The second-order valence-electron chi connectivity index (χ2n) is 1.94. The highest BCUT2D eigenvalue weighted by Crippen LogP contribution is 2.25. The van der Waals surface area contributed by atoms with Crippen molar-refractivity contribution in [1.29, 1.82) is 0 Å². The molecule has 0 bridgehead atoms. The van der Waals surface area contributed by atoms with Crippen LogP contribution < -0.4 is 0 Å². The van der Waals surface area contributed by atoms with Gasteiger partial charge >= 0.3 is 5.97 Å². The van der Waals surface area contributed by atoms with Gasteiger partial charge in [0.05, 0.1) is 7.11 Å². The molecular weight excluding hydrogens is 237 g/mol. The SMILES string of the molecule is COC(=O)c1c(Cl)nsc1C(=O)Cl. The maximum atomic E-state index is 11.1. The molecule has 1 aromatic rings. The normalized spacial score (nSPS) is 9.77. The van der Waals surface area contributed by atoms with Gasteiger partial charge in [0.25, 0.3) is 5.24 Å². The van der Waals surface area contributed by atoms with Gasteiger partial charge in [0, 0.05) is 0 Å². The quantitative estimate of drug-likeness (QED) is 0.585. The molecule has 0 saturated carbocycles. The number of carbonyl (C=O) groups excluding carboxylic acids is 2. The van der Waals surface area contributed by atoms with E-state index in [1.807, 2.05) is 0 Å². The van der Waals surface area contributed by atoms with E-state index in [0.717, 1.165) is 11.5 Å². The van der Waals surface area contributed by atoms with Crippen LogP contribution in [0.5, 0.6) is 0 Å². The molecule has 0 spiro atoms. The number of ether oxygens (including phenoxy) is 1. The first-order chi connectivity index (χ1) is 6.07. The number of hydrogen-bond donors (Lipinski definition) is 0. The molecule has 0 aliphatic heterocycles. The number of methoxy groups -OCH3 is 1. The zero-order valence-electron chi connectivity index (χ0n) is 6.34. The smallest absolute Gasteiger partial charge is 0.342 e. The van der Waals surface area contributed by atoms with Crippen LogP contribution >= 0.6 is 34.7 Å². The summed E-state index contributed by atoms with van der Waals surface area (Å²) < 4.78 is 8.01. The van der Waals surface area contributed by atoms with Crippen LogP contribution in [0.1, 0.15) is 20.0 Å². The van der Waals surface area contributed by atoms with Crippen LogP contribution in [0.4, 0.5) is 0 Å². The van der Waals surface area contributed by atoms with E-state index in [-0.39, 0.29) is 15.6 Å². The van der Waals surface area contributed by atoms with E-state index >= 15 is 0 Å². The lowest BCUT2D eigenvalue weighted by Crippen LogP contribution is -2.04.